The molecule has 0 aliphatic rings. The zero-order valence-corrected chi connectivity index (χ0v) is 13.8. The number of aryl methyl sites for hydroxylation is 1. The van der Waals surface area contributed by atoms with Gasteiger partial charge in [-0.1, -0.05) is 25.6 Å². The molecule has 0 fully saturated rings. The molecule has 2 aromatic rings. The normalized spacial score (nSPS) is 12.4. The monoisotopic (exact) mass is 321 g/mol. The predicted octanol–water partition coefficient (Wildman–Crippen LogP) is 3.34. The average Bonchev–Trinajstić information content (AvgIpc) is 2.86. The summed E-state index contributed by atoms with van der Waals surface area (Å²) in [6.07, 6.45) is 1.50. The number of nitrogens with two attached hydrogens (primary N) is 1. The summed E-state index contributed by atoms with van der Waals surface area (Å²) in [7, 11) is 0. The van der Waals surface area contributed by atoms with E-state index in [-0.39, 0.29) is 5.82 Å². The number of rotatable bonds is 6. The van der Waals surface area contributed by atoms with Gasteiger partial charge in [0, 0.05) is 4.90 Å². The molecule has 2 N–H and O–H groups in total. The van der Waals surface area contributed by atoms with Gasteiger partial charge in [0.25, 0.3) is 0 Å². The lowest BCUT2D eigenvalue weighted by Crippen LogP contribution is -2.26. The Bertz CT molecular complexity index is 667. The molecule has 1 unspecified atom stereocenters. The van der Waals surface area contributed by atoms with Crippen molar-refractivity contribution in [1.82, 2.24) is 9.78 Å². The van der Waals surface area contributed by atoms with E-state index >= 15 is 0 Å². The number of benzene rings is 1. The number of nitrogens with zero attached hydrogens (tertiary/aromatic N) is 2. The van der Waals surface area contributed by atoms with Crippen LogP contribution in [0.2, 0.25) is 0 Å². The summed E-state index contributed by atoms with van der Waals surface area (Å²) >= 11 is 1.55. The number of primary amides is 1. The second kappa shape index (κ2) is 6.96. The molecule has 1 heterocycles. The average molecular weight is 321 g/mol. The van der Waals surface area contributed by atoms with Gasteiger partial charge >= 0.3 is 0 Å². The summed E-state index contributed by atoms with van der Waals surface area (Å²) in [6.45, 7) is 5.80. The number of carbonyl (C=O) groups excluding carboxylic acids is 1. The first-order chi connectivity index (χ1) is 10.5. The Labute approximate surface area is 133 Å². The second-order valence-electron chi connectivity index (χ2n) is 5.01. The highest BCUT2D eigenvalue weighted by Gasteiger charge is 2.22. The lowest BCUT2D eigenvalue weighted by atomic mass is 10.2. The van der Waals surface area contributed by atoms with Crippen molar-refractivity contribution < 1.29 is 9.18 Å². The molecule has 0 aliphatic carbocycles. The number of amides is 1. The van der Waals surface area contributed by atoms with Crippen LogP contribution in [0.4, 0.5) is 4.39 Å². The van der Waals surface area contributed by atoms with E-state index < -0.39 is 11.9 Å². The maximum atomic E-state index is 13.0. The largest absolute Gasteiger partial charge is 0.368 e. The van der Waals surface area contributed by atoms with Crippen LogP contribution < -0.4 is 5.73 Å². The molecule has 22 heavy (non-hydrogen) atoms. The van der Waals surface area contributed by atoms with E-state index in [1.165, 1.54) is 12.1 Å². The highest BCUT2D eigenvalue weighted by Crippen LogP contribution is 2.35. The first-order valence-corrected chi connectivity index (χ1v) is 8.12. The van der Waals surface area contributed by atoms with Crippen molar-refractivity contribution in [1.29, 1.82) is 0 Å². The van der Waals surface area contributed by atoms with Crippen molar-refractivity contribution in [3.63, 3.8) is 0 Å². The van der Waals surface area contributed by atoms with Gasteiger partial charge in [0.05, 0.1) is 16.3 Å². The number of aromatic nitrogens is 2. The molecule has 0 radical (unpaired) electrons. The summed E-state index contributed by atoms with van der Waals surface area (Å²) in [5.74, 6) is -0.660. The highest BCUT2D eigenvalue weighted by atomic mass is 32.2. The van der Waals surface area contributed by atoms with Crippen molar-refractivity contribution in [3.8, 4) is 0 Å². The van der Waals surface area contributed by atoms with Crippen LogP contribution >= 0.6 is 11.8 Å². The quantitative estimate of drug-likeness (QED) is 0.887. The van der Waals surface area contributed by atoms with Gasteiger partial charge in [0.15, 0.2) is 0 Å². The van der Waals surface area contributed by atoms with Gasteiger partial charge in [0.1, 0.15) is 11.9 Å². The third-order valence-electron chi connectivity index (χ3n) is 3.51. The fourth-order valence-electron chi connectivity index (χ4n) is 2.24. The molecular weight excluding hydrogens is 301 g/mol. The van der Waals surface area contributed by atoms with Gasteiger partial charge < -0.3 is 5.73 Å². The first kappa shape index (κ1) is 16.5. The minimum Gasteiger partial charge on any atom is -0.368 e. The summed E-state index contributed by atoms with van der Waals surface area (Å²) in [5.41, 5.74) is 7.33. The summed E-state index contributed by atoms with van der Waals surface area (Å²) in [4.78, 5) is 13.5. The van der Waals surface area contributed by atoms with E-state index in [1.54, 1.807) is 35.5 Å². The molecular formula is C16H20FN3OS. The molecule has 6 heteroatoms. The van der Waals surface area contributed by atoms with Crippen LogP contribution in [0, 0.1) is 5.82 Å². The number of carbonyl (C=O) groups is 1. The molecule has 0 saturated carbocycles. The smallest absolute Gasteiger partial charge is 0.242 e. The van der Waals surface area contributed by atoms with E-state index in [9.17, 15) is 9.18 Å². The number of hydrogen-bond donors (Lipinski definition) is 1. The Kier molecular flexibility index (Phi) is 5.24. The molecule has 1 atom stereocenters. The van der Waals surface area contributed by atoms with Crippen LogP contribution in [0.1, 0.15) is 38.2 Å². The lowest BCUT2D eigenvalue weighted by molar-refractivity contribution is -0.121. The topological polar surface area (TPSA) is 60.9 Å². The minimum atomic E-state index is -0.484. The fraction of sp³-hybridized carbons (Fsp3) is 0.375. The van der Waals surface area contributed by atoms with Crippen LogP contribution in [0.25, 0.3) is 0 Å². The number of hydrogen-bond acceptors (Lipinski definition) is 3. The van der Waals surface area contributed by atoms with Gasteiger partial charge in [-0.15, -0.1) is 0 Å². The molecule has 0 saturated heterocycles. The molecule has 1 amide bonds. The standard InChI is InChI=1S/C16H20FN3OS/c1-4-13-15(22-12-8-6-11(17)7-9-12)14(5-2)20(19-13)10(3)16(18)21/h6-10H,4-5H2,1-3H3,(H2,18,21). The maximum Gasteiger partial charge on any atom is 0.242 e. The summed E-state index contributed by atoms with van der Waals surface area (Å²) in [5, 5.41) is 4.56. The van der Waals surface area contributed by atoms with Crippen molar-refractivity contribution >= 4 is 17.7 Å². The van der Waals surface area contributed by atoms with Crippen LogP contribution in [0.3, 0.4) is 0 Å². The van der Waals surface area contributed by atoms with E-state index in [0.29, 0.717) is 0 Å². The van der Waals surface area contributed by atoms with Gasteiger partial charge in [-0.3, -0.25) is 9.48 Å². The lowest BCUT2D eigenvalue weighted by Gasteiger charge is -2.12. The maximum absolute atomic E-state index is 13.0. The second-order valence-corrected chi connectivity index (χ2v) is 6.09. The highest BCUT2D eigenvalue weighted by molar-refractivity contribution is 7.99. The molecule has 2 rings (SSSR count). The molecule has 0 aliphatic heterocycles. The summed E-state index contributed by atoms with van der Waals surface area (Å²) < 4.78 is 14.8. The van der Waals surface area contributed by atoms with E-state index in [0.717, 1.165) is 34.0 Å². The van der Waals surface area contributed by atoms with Gasteiger partial charge in [-0.2, -0.15) is 5.10 Å². The zero-order valence-electron chi connectivity index (χ0n) is 13.0. The van der Waals surface area contributed by atoms with E-state index in [1.807, 2.05) is 13.8 Å². The van der Waals surface area contributed by atoms with Gasteiger partial charge in [0.2, 0.25) is 5.91 Å². The first-order valence-electron chi connectivity index (χ1n) is 7.30. The third kappa shape index (κ3) is 3.32. The zero-order chi connectivity index (χ0) is 16.3. The molecule has 0 bridgehead atoms. The van der Waals surface area contributed by atoms with Crippen LogP contribution in [-0.2, 0) is 17.6 Å². The molecule has 1 aromatic heterocycles. The third-order valence-corrected chi connectivity index (χ3v) is 4.69. The van der Waals surface area contributed by atoms with Crippen LogP contribution in [-0.4, -0.2) is 15.7 Å². The molecule has 1 aromatic carbocycles. The van der Waals surface area contributed by atoms with E-state index in [4.69, 9.17) is 5.73 Å². The summed E-state index contributed by atoms with van der Waals surface area (Å²) in [6, 6.07) is 5.89. The van der Waals surface area contributed by atoms with Crippen molar-refractivity contribution in [2.75, 3.05) is 0 Å². The Morgan fingerprint density at radius 2 is 1.95 bits per heavy atom. The van der Waals surface area contributed by atoms with E-state index in [2.05, 4.69) is 5.10 Å². The van der Waals surface area contributed by atoms with Crippen molar-refractivity contribution in [2.45, 2.75) is 49.4 Å². The SMILES string of the molecule is CCc1nn(C(C)C(N)=O)c(CC)c1Sc1ccc(F)cc1. The van der Waals surface area contributed by atoms with Gasteiger partial charge in [-0.05, 0) is 44.0 Å². The van der Waals surface area contributed by atoms with Crippen molar-refractivity contribution in [3.05, 3.63) is 41.5 Å². The minimum absolute atomic E-state index is 0.256. The molecule has 118 valence electrons. The molecule has 0 spiro atoms. The Hall–Kier alpha value is -1.82. The predicted molar refractivity (Wildman–Crippen MR) is 85.4 cm³/mol. The Balaban J connectivity index is 2.44. The van der Waals surface area contributed by atoms with Crippen LogP contribution in [0.15, 0.2) is 34.1 Å². The number of halogens is 1. The van der Waals surface area contributed by atoms with Crippen molar-refractivity contribution in [2.24, 2.45) is 5.73 Å². The Morgan fingerprint density at radius 1 is 1.32 bits per heavy atom. The molecule has 4 nitrogen and oxygen atoms in total. The van der Waals surface area contributed by atoms with Crippen LogP contribution in [0.5, 0.6) is 0 Å². The Morgan fingerprint density at radius 3 is 2.45 bits per heavy atom. The van der Waals surface area contributed by atoms with Gasteiger partial charge in [-0.25, -0.2) is 4.39 Å². The fourth-order valence-corrected chi connectivity index (χ4v) is 3.41.